The van der Waals surface area contributed by atoms with Gasteiger partial charge in [0.05, 0.1) is 22.6 Å². The highest BCUT2D eigenvalue weighted by Gasteiger charge is 2.35. The molecule has 0 bridgehead atoms. The number of thiazole rings is 1. The molecule has 1 aliphatic heterocycles. The Morgan fingerprint density at radius 3 is 2.62 bits per heavy atom. The number of benzene rings is 2. The Balaban J connectivity index is 1.61. The zero-order chi connectivity index (χ0) is 17.7. The lowest BCUT2D eigenvalue weighted by molar-refractivity contribution is 0.675. The highest BCUT2D eigenvalue weighted by atomic mass is 32.1. The minimum atomic E-state index is -0.223. The fourth-order valence-corrected chi connectivity index (χ4v) is 4.15. The normalized spacial score (nSPS) is 16.7. The third-order valence-electron chi connectivity index (χ3n) is 4.89. The van der Waals surface area contributed by atoms with E-state index < -0.39 is 0 Å². The van der Waals surface area contributed by atoms with Crippen LogP contribution in [0.15, 0.2) is 66.0 Å². The van der Waals surface area contributed by atoms with Gasteiger partial charge in [0.15, 0.2) is 0 Å². The van der Waals surface area contributed by atoms with Crippen LogP contribution in [-0.2, 0) is 0 Å². The molecule has 1 unspecified atom stereocenters. The molecule has 2 aromatic carbocycles. The van der Waals surface area contributed by atoms with E-state index in [1.807, 2.05) is 53.2 Å². The van der Waals surface area contributed by atoms with Crippen molar-refractivity contribution < 1.29 is 0 Å². The van der Waals surface area contributed by atoms with Gasteiger partial charge in [-0.25, -0.2) is 4.98 Å². The quantitative estimate of drug-likeness (QED) is 0.343. The summed E-state index contributed by atoms with van der Waals surface area (Å²) in [5.41, 5.74) is 3.79. The second kappa shape index (κ2) is 5.63. The predicted molar refractivity (Wildman–Crippen MR) is 103 cm³/mol. The van der Waals surface area contributed by atoms with Crippen molar-refractivity contribution in [3.05, 3.63) is 87.2 Å². The van der Waals surface area contributed by atoms with Crippen LogP contribution in [0, 0.1) is 5.21 Å². The second-order valence-electron chi connectivity index (χ2n) is 6.61. The van der Waals surface area contributed by atoms with E-state index in [9.17, 15) is 10.0 Å². The highest BCUT2D eigenvalue weighted by molar-refractivity contribution is 7.16. The Labute approximate surface area is 153 Å². The van der Waals surface area contributed by atoms with Crippen molar-refractivity contribution in [3.63, 3.8) is 0 Å². The van der Waals surface area contributed by atoms with Gasteiger partial charge in [0.1, 0.15) is 18.8 Å². The summed E-state index contributed by atoms with van der Waals surface area (Å²) in [4.78, 5) is 18.6. The molecule has 6 nitrogen and oxygen atoms in total. The van der Waals surface area contributed by atoms with Crippen LogP contribution in [0.3, 0.4) is 0 Å². The molecule has 0 spiro atoms. The molecule has 1 atom stereocenters. The Kier molecular flexibility index (Phi) is 3.36. The smallest absolute Gasteiger partial charge is 0.305 e. The van der Waals surface area contributed by atoms with Crippen LogP contribution in [0.25, 0.3) is 10.2 Å². The third kappa shape index (κ3) is 2.57. The fourth-order valence-electron chi connectivity index (χ4n) is 3.37. The number of nitrogens with zero attached hydrogens (tertiary/aromatic N) is 3. The molecule has 2 aromatic heterocycles. The number of fused-ring (bicyclic) bond motifs is 1. The van der Waals surface area contributed by atoms with Crippen LogP contribution in [0.2, 0.25) is 0 Å². The number of aromatic nitrogens is 3. The minimum absolute atomic E-state index is 0.0522. The van der Waals surface area contributed by atoms with Crippen molar-refractivity contribution in [1.29, 1.82) is 0 Å². The molecule has 0 aliphatic carbocycles. The van der Waals surface area contributed by atoms with E-state index >= 15 is 0 Å². The maximum Gasteiger partial charge on any atom is 0.305 e. The summed E-state index contributed by atoms with van der Waals surface area (Å²) < 4.78 is 2.74. The third-order valence-corrected chi connectivity index (χ3v) is 5.74. The van der Waals surface area contributed by atoms with Gasteiger partial charge < -0.3 is 19.4 Å². The Morgan fingerprint density at radius 2 is 1.92 bits per heavy atom. The number of aromatic amines is 1. The van der Waals surface area contributed by atoms with Gasteiger partial charge in [-0.1, -0.05) is 29.5 Å². The van der Waals surface area contributed by atoms with E-state index in [0.29, 0.717) is 13.1 Å². The van der Waals surface area contributed by atoms with Gasteiger partial charge in [-0.2, -0.15) is 0 Å². The molecular formula is C19H16N4O2S. The first kappa shape index (κ1) is 15.5. The van der Waals surface area contributed by atoms with Crippen LogP contribution < -0.4 is 9.52 Å². The monoisotopic (exact) mass is 364 g/mol. The van der Waals surface area contributed by atoms with Crippen molar-refractivity contribution in [2.75, 3.05) is 13.1 Å². The van der Waals surface area contributed by atoms with Gasteiger partial charge in [-0.3, -0.25) is 4.79 Å². The Hall–Kier alpha value is -2.74. The van der Waals surface area contributed by atoms with Crippen LogP contribution in [0.1, 0.15) is 17.2 Å². The first-order chi connectivity index (χ1) is 12.6. The first-order valence-corrected chi connectivity index (χ1v) is 9.23. The lowest BCUT2D eigenvalue weighted by atomic mass is 9.98. The molecule has 4 aromatic rings. The molecule has 1 saturated heterocycles. The molecule has 7 heteroatoms. The van der Waals surface area contributed by atoms with Crippen LogP contribution in [-0.4, -0.2) is 27.6 Å². The predicted octanol–water partition coefficient (Wildman–Crippen LogP) is 3.24. The van der Waals surface area contributed by atoms with Gasteiger partial charge in [-0.15, -0.1) is 0 Å². The van der Waals surface area contributed by atoms with Crippen molar-refractivity contribution in [3.8, 4) is 0 Å². The maximum absolute atomic E-state index is 12.2. The molecule has 26 heavy (non-hydrogen) atoms. The topological polar surface area (TPSA) is 73.7 Å². The number of imidazole rings is 1. The van der Waals surface area contributed by atoms with Crippen LogP contribution in [0.5, 0.6) is 0 Å². The summed E-state index contributed by atoms with van der Waals surface area (Å²) in [6.45, 7) is 1.32. The van der Waals surface area contributed by atoms with Crippen molar-refractivity contribution in [2.24, 2.45) is 0 Å². The lowest BCUT2D eigenvalue weighted by Crippen LogP contribution is -2.16. The zero-order valence-corrected chi connectivity index (χ0v) is 14.6. The lowest BCUT2D eigenvalue weighted by Gasteiger charge is -2.23. The molecule has 0 radical (unpaired) electrons. The number of quaternary nitrogens is 1. The molecule has 0 saturated carbocycles. The number of H-pyrrole nitrogens is 1. The summed E-state index contributed by atoms with van der Waals surface area (Å²) in [6.07, 6.45) is 5.46. The zero-order valence-electron chi connectivity index (χ0n) is 13.8. The minimum Gasteiger partial charge on any atom is -0.627 e. The molecule has 130 valence electrons. The largest absolute Gasteiger partial charge is 0.627 e. The number of hydrogen-bond acceptors (Lipinski definition) is 4. The second-order valence-corrected chi connectivity index (χ2v) is 7.63. The Morgan fingerprint density at radius 1 is 1.15 bits per heavy atom. The fraction of sp³-hybridized carbons (Fsp3) is 0.158. The first-order valence-electron chi connectivity index (χ1n) is 8.41. The van der Waals surface area contributed by atoms with Crippen LogP contribution >= 0.6 is 11.3 Å². The Bertz CT molecular complexity index is 1120. The van der Waals surface area contributed by atoms with Crippen LogP contribution in [0.4, 0.5) is 5.69 Å². The molecule has 1 fully saturated rings. The van der Waals surface area contributed by atoms with Crippen molar-refractivity contribution in [1.82, 2.24) is 19.2 Å². The highest BCUT2D eigenvalue weighted by Crippen LogP contribution is 2.34. The molecule has 1 aliphatic rings. The van der Waals surface area contributed by atoms with E-state index in [-0.39, 0.29) is 15.6 Å². The molecule has 0 amide bonds. The average molecular weight is 364 g/mol. The van der Waals surface area contributed by atoms with Crippen molar-refractivity contribution >= 4 is 27.2 Å². The van der Waals surface area contributed by atoms with Gasteiger partial charge in [0, 0.05) is 12.4 Å². The van der Waals surface area contributed by atoms with Gasteiger partial charge in [-0.05, 0) is 35.4 Å². The molecule has 3 heterocycles. The summed E-state index contributed by atoms with van der Waals surface area (Å²) in [5, 5.41) is 12.2. The number of nitrogens with one attached hydrogen (secondary N) is 1. The SMILES string of the molecule is O=c1[nH]c2ccc(C(c3ccc([N+]4([O-])CC4)cc3)n3ccnc3)cc2s1. The molecule has 5 rings (SSSR count). The standard InChI is InChI=1S/C19H16N4O2S/c24-19-21-16-6-3-14(11-17(16)26-19)18(22-8-7-20-12-22)13-1-4-15(5-2-13)23(25)9-10-23/h1-8,11-12,18H,9-10H2,(H,21,24). The van der Waals surface area contributed by atoms with E-state index in [1.165, 1.54) is 11.3 Å². The number of rotatable bonds is 4. The summed E-state index contributed by atoms with van der Waals surface area (Å²) >= 11 is 1.21. The van der Waals surface area contributed by atoms with Gasteiger partial charge in [0.2, 0.25) is 0 Å². The van der Waals surface area contributed by atoms with Gasteiger partial charge in [0.25, 0.3) is 0 Å². The molecular weight excluding hydrogens is 348 g/mol. The van der Waals surface area contributed by atoms with Gasteiger partial charge >= 0.3 is 4.87 Å². The summed E-state index contributed by atoms with van der Waals surface area (Å²) in [5.74, 6) is 0. The van der Waals surface area contributed by atoms with E-state index in [2.05, 4.69) is 9.97 Å². The summed E-state index contributed by atoms with van der Waals surface area (Å²) in [7, 11) is 0. The number of hydrogen-bond donors (Lipinski definition) is 1. The maximum atomic E-state index is 12.2. The average Bonchev–Trinajstić information content (AvgIpc) is 3.05. The van der Waals surface area contributed by atoms with Crippen molar-refractivity contribution in [2.45, 2.75) is 6.04 Å². The summed E-state index contributed by atoms with van der Waals surface area (Å²) in [6, 6.07) is 13.8. The van der Waals surface area contributed by atoms with E-state index in [0.717, 1.165) is 27.0 Å². The molecule has 1 N–H and O–H groups in total. The van der Waals surface area contributed by atoms with E-state index in [1.54, 1.807) is 12.5 Å². The van der Waals surface area contributed by atoms with E-state index in [4.69, 9.17) is 0 Å². The number of hydroxylamine groups is 2.